The molecule has 1 amide bonds. The Bertz CT molecular complexity index is 1400. The number of nitrogens with one attached hydrogen (secondary N) is 2. The summed E-state index contributed by atoms with van der Waals surface area (Å²) in [6.45, 7) is 1.86. The number of rotatable bonds is 6. The minimum Gasteiger partial charge on any atom is -0.497 e. The molecule has 0 radical (unpaired) electrons. The average molecular weight is 469 g/mol. The summed E-state index contributed by atoms with van der Waals surface area (Å²) < 4.78 is 12.4. The van der Waals surface area contributed by atoms with Gasteiger partial charge in [0, 0.05) is 23.7 Å². The molecular formula is C26H24N6O3. The minimum absolute atomic E-state index is 0.270. The van der Waals surface area contributed by atoms with Gasteiger partial charge in [-0.2, -0.15) is 4.98 Å². The Labute approximate surface area is 202 Å². The number of allylic oxidation sites excluding steroid dienone is 1. The highest BCUT2D eigenvalue weighted by molar-refractivity contribution is 6.06. The van der Waals surface area contributed by atoms with Crippen LogP contribution in [0.15, 0.2) is 84.3 Å². The van der Waals surface area contributed by atoms with E-state index in [0.717, 1.165) is 16.9 Å². The van der Waals surface area contributed by atoms with Crippen LogP contribution in [0.3, 0.4) is 0 Å². The zero-order valence-corrected chi connectivity index (χ0v) is 19.5. The molecule has 176 valence electrons. The van der Waals surface area contributed by atoms with E-state index in [9.17, 15) is 4.79 Å². The minimum atomic E-state index is -0.511. The molecule has 1 aliphatic rings. The van der Waals surface area contributed by atoms with Gasteiger partial charge in [0.25, 0.3) is 5.91 Å². The molecule has 0 bridgehead atoms. The molecule has 0 saturated carbocycles. The first kappa shape index (κ1) is 22.1. The maximum absolute atomic E-state index is 13.6. The first-order chi connectivity index (χ1) is 17.1. The van der Waals surface area contributed by atoms with Crippen molar-refractivity contribution in [3.05, 3.63) is 89.9 Å². The standard InChI is InChI=1S/C26H24N6O3/c1-16-22(25(33)29-20-6-4-5-7-21(20)35-3)23(17-12-14-27-15-13-17)32-26(28-16)30-24(31-32)18-8-10-19(34-2)11-9-18/h4-15,23H,1-3H3,(H,29,33)(H,28,30,31)/t23-/m1/s1. The molecule has 5 rings (SSSR count). The molecule has 2 aromatic carbocycles. The van der Waals surface area contributed by atoms with Crippen LogP contribution in [0.4, 0.5) is 11.6 Å². The molecule has 35 heavy (non-hydrogen) atoms. The Morgan fingerprint density at radius 3 is 2.46 bits per heavy atom. The van der Waals surface area contributed by atoms with E-state index in [-0.39, 0.29) is 5.91 Å². The first-order valence-electron chi connectivity index (χ1n) is 11.0. The molecule has 0 spiro atoms. The zero-order valence-electron chi connectivity index (χ0n) is 19.5. The number of methoxy groups -OCH3 is 2. The van der Waals surface area contributed by atoms with E-state index in [4.69, 9.17) is 19.6 Å². The van der Waals surface area contributed by atoms with Crippen molar-refractivity contribution in [2.45, 2.75) is 13.0 Å². The Morgan fingerprint density at radius 1 is 1.00 bits per heavy atom. The van der Waals surface area contributed by atoms with E-state index in [0.29, 0.717) is 34.5 Å². The Kier molecular flexibility index (Phi) is 5.88. The monoisotopic (exact) mass is 468 g/mol. The SMILES string of the molecule is COc1ccc(-c2nc3n(n2)[C@H](c2ccncc2)C(C(=O)Nc2ccccc2OC)=C(C)N3)cc1. The molecule has 1 aliphatic heterocycles. The van der Waals surface area contributed by atoms with Crippen LogP contribution in [0.25, 0.3) is 11.4 Å². The summed E-state index contributed by atoms with van der Waals surface area (Å²) in [6, 6.07) is 18.0. The molecule has 4 aromatic rings. The molecular weight excluding hydrogens is 444 g/mol. The number of aromatic nitrogens is 4. The molecule has 9 nitrogen and oxygen atoms in total. The number of amides is 1. The fourth-order valence-corrected chi connectivity index (χ4v) is 4.10. The molecule has 0 aliphatic carbocycles. The molecule has 2 aromatic heterocycles. The lowest BCUT2D eigenvalue weighted by Crippen LogP contribution is -2.31. The van der Waals surface area contributed by atoms with Gasteiger partial charge in [-0.05, 0) is 61.0 Å². The number of carbonyl (C=O) groups is 1. The number of nitrogens with zero attached hydrogens (tertiary/aromatic N) is 4. The summed E-state index contributed by atoms with van der Waals surface area (Å²) in [5, 5.41) is 11.0. The fraction of sp³-hybridized carbons (Fsp3) is 0.154. The molecule has 0 saturated heterocycles. The molecule has 0 fully saturated rings. The zero-order chi connectivity index (χ0) is 24.4. The van der Waals surface area contributed by atoms with Crippen LogP contribution in [-0.2, 0) is 4.79 Å². The van der Waals surface area contributed by atoms with E-state index >= 15 is 0 Å². The van der Waals surface area contributed by atoms with Crippen LogP contribution in [0.5, 0.6) is 11.5 Å². The normalized spacial score (nSPS) is 14.7. The summed E-state index contributed by atoms with van der Waals surface area (Å²) >= 11 is 0. The van der Waals surface area contributed by atoms with Gasteiger partial charge in [0.1, 0.15) is 17.5 Å². The third kappa shape index (κ3) is 4.19. The van der Waals surface area contributed by atoms with E-state index in [1.807, 2.05) is 55.5 Å². The Hall–Kier alpha value is -4.66. The van der Waals surface area contributed by atoms with Crippen molar-refractivity contribution in [3.63, 3.8) is 0 Å². The van der Waals surface area contributed by atoms with E-state index in [2.05, 4.69) is 15.6 Å². The molecule has 9 heteroatoms. The number of benzene rings is 2. The van der Waals surface area contributed by atoms with Crippen molar-refractivity contribution in [1.82, 2.24) is 19.7 Å². The topological polar surface area (TPSA) is 103 Å². The van der Waals surface area contributed by atoms with Gasteiger partial charge in [0.15, 0.2) is 5.82 Å². The van der Waals surface area contributed by atoms with Gasteiger partial charge < -0.3 is 20.1 Å². The van der Waals surface area contributed by atoms with Gasteiger partial charge in [0.2, 0.25) is 5.95 Å². The van der Waals surface area contributed by atoms with Crippen molar-refractivity contribution in [2.24, 2.45) is 0 Å². The van der Waals surface area contributed by atoms with Crippen molar-refractivity contribution in [1.29, 1.82) is 0 Å². The fourth-order valence-electron chi connectivity index (χ4n) is 4.10. The van der Waals surface area contributed by atoms with Crippen molar-refractivity contribution < 1.29 is 14.3 Å². The summed E-state index contributed by atoms with van der Waals surface area (Å²) in [5.41, 5.74) is 3.47. The van der Waals surface area contributed by atoms with Gasteiger partial charge in [0.05, 0.1) is 25.5 Å². The summed E-state index contributed by atoms with van der Waals surface area (Å²) in [4.78, 5) is 22.5. The second kappa shape index (κ2) is 9.30. The summed E-state index contributed by atoms with van der Waals surface area (Å²) in [5.74, 6) is 2.13. The lowest BCUT2D eigenvalue weighted by Gasteiger charge is -2.28. The second-order valence-electron chi connectivity index (χ2n) is 7.93. The first-order valence-corrected chi connectivity index (χ1v) is 11.0. The van der Waals surface area contributed by atoms with E-state index < -0.39 is 6.04 Å². The van der Waals surface area contributed by atoms with Gasteiger partial charge in [-0.1, -0.05) is 12.1 Å². The predicted molar refractivity (Wildman–Crippen MR) is 132 cm³/mol. The highest BCUT2D eigenvalue weighted by Gasteiger charge is 2.34. The third-order valence-electron chi connectivity index (χ3n) is 5.82. The van der Waals surface area contributed by atoms with Crippen molar-refractivity contribution in [3.8, 4) is 22.9 Å². The Balaban J connectivity index is 1.57. The molecule has 1 atom stereocenters. The maximum atomic E-state index is 13.6. The lowest BCUT2D eigenvalue weighted by molar-refractivity contribution is -0.113. The number of anilines is 2. The highest BCUT2D eigenvalue weighted by atomic mass is 16.5. The average Bonchev–Trinajstić information content (AvgIpc) is 3.32. The summed E-state index contributed by atoms with van der Waals surface area (Å²) in [7, 11) is 3.19. The third-order valence-corrected chi connectivity index (χ3v) is 5.82. The van der Waals surface area contributed by atoms with Gasteiger partial charge >= 0.3 is 0 Å². The molecule has 0 unspecified atom stereocenters. The van der Waals surface area contributed by atoms with Gasteiger partial charge in [-0.3, -0.25) is 9.78 Å². The van der Waals surface area contributed by atoms with E-state index in [1.165, 1.54) is 0 Å². The van der Waals surface area contributed by atoms with Crippen LogP contribution >= 0.6 is 0 Å². The largest absolute Gasteiger partial charge is 0.497 e. The number of para-hydroxylation sites is 2. The number of hydrogen-bond donors (Lipinski definition) is 2. The number of pyridine rings is 1. The molecule has 2 N–H and O–H groups in total. The maximum Gasteiger partial charge on any atom is 0.255 e. The van der Waals surface area contributed by atoms with Gasteiger partial charge in [-0.15, -0.1) is 5.10 Å². The van der Waals surface area contributed by atoms with E-state index in [1.54, 1.807) is 43.4 Å². The number of ether oxygens (including phenoxy) is 2. The molecule has 3 heterocycles. The highest BCUT2D eigenvalue weighted by Crippen LogP contribution is 2.37. The van der Waals surface area contributed by atoms with Crippen LogP contribution < -0.4 is 20.1 Å². The summed E-state index contributed by atoms with van der Waals surface area (Å²) in [6.07, 6.45) is 3.40. The Morgan fingerprint density at radius 2 is 1.74 bits per heavy atom. The predicted octanol–water partition coefficient (Wildman–Crippen LogP) is 4.28. The van der Waals surface area contributed by atoms with Crippen LogP contribution in [0, 0.1) is 0 Å². The smallest absolute Gasteiger partial charge is 0.255 e. The second-order valence-corrected chi connectivity index (χ2v) is 7.93. The van der Waals surface area contributed by atoms with Gasteiger partial charge in [-0.25, -0.2) is 4.68 Å². The van der Waals surface area contributed by atoms with Crippen LogP contribution in [0.1, 0.15) is 18.5 Å². The van der Waals surface area contributed by atoms with Crippen molar-refractivity contribution in [2.75, 3.05) is 24.9 Å². The number of fused-ring (bicyclic) bond motifs is 1. The van der Waals surface area contributed by atoms with Crippen LogP contribution in [-0.4, -0.2) is 39.9 Å². The number of hydrogen-bond acceptors (Lipinski definition) is 7. The van der Waals surface area contributed by atoms with Crippen LogP contribution in [0.2, 0.25) is 0 Å². The number of carbonyl (C=O) groups excluding carboxylic acids is 1. The quantitative estimate of drug-likeness (QED) is 0.435. The van der Waals surface area contributed by atoms with Crippen molar-refractivity contribution >= 4 is 17.5 Å². The lowest BCUT2D eigenvalue weighted by atomic mass is 9.96.